The van der Waals surface area contributed by atoms with Crippen LogP contribution in [0.5, 0.6) is 0 Å². The van der Waals surface area contributed by atoms with Gasteiger partial charge in [0.05, 0.1) is 0 Å². The molecule has 0 radical (unpaired) electrons. The highest BCUT2D eigenvalue weighted by atomic mass is 32.2. The van der Waals surface area contributed by atoms with E-state index in [1.807, 2.05) is 32.8 Å². The molecule has 1 aromatic heterocycles. The second kappa shape index (κ2) is 8.31. The van der Waals surface area contributed by atoms with E-state index in [1.165, 1.54) is 10.5 Å². The summed E-state index contributed by atoms with van der Waals surface area (Å²) in [6.45, 7) is 6.43. The summed E-state index contributed by atoms with van der Waals surface area (Å²) in [5, 5.41) is 3.05. The Kier molecular flexibility index (Phi) is 7.07. The van der Waals surface area contributed by atoms with Gasteiger partial charge in [-0.3, -0.25) is 0 Å². The highest BCUT2D eigenvalue weighted by Gasteiger charge is 2.22. The predicted molar refractivity (Wildman–Crippen MR) is 86.0 cm³/mol. The van der Waals surface area contributed by atoms with Crippen LogP contribution >= 0.6 is 0 Å². The molecule has 6 nitrogen and oxygen atoms in total. The molecule has 0 unspecified atom stereocenters. The first kappa shape index (κ1) is 17.9. The van der Waals surface area contributed by atoms with Crippen LogP contribution in [0.15, 0.2) is 23.2 Å². The monoisotopic (exact) mass is 314 g/mol. The largest absolute Gasteiger partial charge is 0.370 e. The van der Waals surface area contributed by atoms with E-state index in [2.05, 4.69) is 10.3 Å². The van der Waals surface area contributed by atoms with Crippen molar-refractivity contribution in [1.29, 1.82) is 0 Å². The zero-order valence-corrected chi connectivity index (χ0v) is 14.2. The molecule has 21 heavy (non-hydrogen) atoms. The minimum atomic E-state index is -3.46. The zero-order chi connectivity index (χ0) is 15.9. The third-order valence-corrected chi connectivity index (χ3v) is 5.06. The van der Waals surface area contributed by atoms with Gasteiger partial charge in [-0.25, -0.2) is 13.4 Å². The Labute approximate surface area is 128 Å². The van der Waals surface area contributed by atoms with Gasteiger partial charge in [-0.2, -0.15) is 4.31 Å². The van der Waals surface area contributed by atoms with E-state index in [0.29, 0.717) is 18.9 Å². The molecular formula is C14H26N4O2S. The number of sulfonamides is 1. The molecule has 0 fully saturated rings. The summed E-state index contributed by atoms with van der Waals surface area (Å²) >= 11 is 0. The standard InChI is InChI=1S/C14H26N4O2S/c1-5-15-14-9-8-13(12-16-14)21(19,20)18(6-2)11-7-10-17(3)4/h8-9,12H,5-7,10-11H2,1-4H3,(H,15,16). The summed E-state index contributed by atoms with van der Waals surface area (Å²) in [5.41, 5.74) is 0. The van der Waals surface area contributed by atoms with E-state index in [4.69, 9.17) is 0 Å². The summed E-state index contributed by atoms with van der Waals surface area (Å²) in [5.74, 6) is 0.687. The minimum absolute atomic E-state index is 0.246. The third-order valence-electron chi connectivity index (χ3n) is 3.10. The fourth-order valence-electron chi connectivity index (χ4n) is 1.98. The third kappa shape index (κ3) is 5.26. The molecule has 120 valence electrons. The molecule has 0 spiro atoms. The molecule has 1 rings (SSSR count). The second-order valence-electron chi connectivity index (χ2n) is 5.06. The Morgan fingerprint density at radius 1 is 1.19 bits per heavy atom. The Morgan fingerprint density at radius 3 is 2.38 bits per heavy atom. The number of hydrogen-bond acceptors (Lipinski definition) is 5. The summed E-state index contributed by atoms with van der Waals surface area (Å²) in [4.78, 5) is 6.43. The lowest BCUT2D eigenvalue weighted by Crippen LogP contribution is -2.33. The van der Waals surface area contributed by atoms with Gasteiger partial charge < -0.3 is 10.2 Å². The van der Waals surface area contributed by atoms with E-state index >= 15 is 0 Å². The van der Waals surface area contributed by atoms with Crippen LogP contribution in [0.3, 0.4) is 0 Å². The van der Waals surface area contributed by atoms with E-state index in [0.717, 1.165) is 19.5 Å². The van der Waals surface area contributed by atoms with Crippen LogP contribution in [0.2, 0.25) is 0 Å². The van der Waals surface area contributed by atoms with Crippen LogP contribution < -0.4 is 5.32 Å². The van der Waals surface area contributed by atoms with Gasteiger partial charge in [0.25, 0.3) is 0 Å². The van der Waals surface area contributed by atoms with Gasteiger partial charge in [-0.1, -0.05) is 6.92 Å². The summed E-state index contributed by atoms with van der Waals surface area (Å²) < 4.78 is 26.6. The molecule has 1 aromatic rings. The minimum Gasteiger partial charge on any atom is -0.370 e. The number of aromatic nitrogens is 1. The maximum atomic E-state index is 12.6. The molecule has 1 heterocycles. The van der Waals surface area contributed by atoms with E-state index in [9.17, 15) is 8.42 Å². The first-order chi connectivity index (χ1) is 9.91. The summed E-state index contributed by atoms with van der Waals surface area (Å²) in [6.07, 6.45) is 2.23. The number of nitrogens with one attached hydrogen (secondary N) is 1. The van der Waals surface area contributed by atoms with Crippen LogP contribution in [0.4, 0.5) is 5.82 Å². The van der Waals surface area contributed by atoms with Crippen molar-refractivity contribution < 1.29 is 8.42 Å². The molecule has 0 aliphatic carbocycles. The highest BCUT2D eigenvalue weighted by Crippen LogP contribution is 2.16. The van der Waals surface area contributed by atoms with Gasteiger partial charge >= 0.3 is 0 Å². The fraction of sp³-hybridized carbons (Fsp3) is 0.643. The number of pyridine rings is 1. The second-order valence-corrected chi connectivity index (χ2v) is 7.00. The number of hydrogen-bond donors (Lipinski definition) is 1. The van der Waals surface area contributed by atoms with Crippen molar-refractivity contribution in [2.24, 2.45) is 0 Å². The Morgan fingerprint density at radius 2 is 1.90 bits per heavy atom. The number of anilines is 1. The van der Waals surface area contributed by atoms with E-state index in [1.54, 1.807) is 12.1 Å². The number of nitrogens with zero attached hydrogens (tertiary/aromatic N) is 3. The maximum Gasteiger partial charge on any atom is 0.244 e. The fourth-order valence-corrected chi connectivity index (χ4v) is 3.41. The summed E-state index contributed by atoms with van der Waals surface area (Å²) in [7, 11) is 0.504. The van der Waals surface area contributed by atoms with Crippen LogP contribution in [-0.4, -0.2) is 62.9 Å². The van der Waals surface area contributed by atoms with Crippen LogP contribution in [-0.2, 0) is 10.0 Å². The van der Waals surface area contributed by atoms with Gasteiger partial charge in [0, 0.05) is 25.8 Å². The van der Waals surface area contributed by atoms with Gasteiger partial charge in [-0.05, 0) is 46.1 Å². The molecule has 0 aromatic carbocycles. The molecule has 0 saturated heterocycles. The average Bonchev–Trinajstić information content (AvgIpc) is 2.44. The van der Waals surface area contributed by atoms with Gasteiger partial charge in [0.1, 0.15) is 10.7 Å². The molecule has 0 aliphatic heterocycles. The van der Waals surface area contributed by atoms with Crippen molar-refractivity contribution in [3.8, 4) is 0 Å². The lowest BCUT2D eigenvalue weighted by atomic mass is 10.4. The molecular weight excluding hydrogens is 288 g/mol. The average molecular weight is 314 g/mol. The van der Waals surface area contributed by atoms with Crippen LogP contribution in [0.1, 0.15) is 20.3 Å². The molecule has 0 atom stereocenters. The molecule has 1 N–H and O–H groups in total. The van der Waals surface area contributed by atoms with Gasteiger partial charge in [0.15, 0.2) is 0 Å². The van der Waals surface area contributed by atoms with E-state index < -0.39 is 10.0 Å². The van der Waals surface area contributed by atoms with Crippen molar-refractivity contribution in [2.75, 3.05) is 45.6 Å². The molecule has 0 saturated carbocycles. The van der Waals surface area contributed by atoms with Crippen molar-refractivity contribution in [1.82, 2.24) is 14.2 Å². The smallest absolute Gasteiger partial charge is 0.244 e. The zero-order valence-electron chi connectivity index (χ0n) is 13.3. The van der Waals surface area contributed by atoms with Gasteiger partial charge in [0.2, 0.25) is 10.0 Å². The quantitative estimate of drug-likeness (QED) is 0.748. The number of rotatable bonds is 9. The highest BCUT2D eigenvalue weighted by molar-refractivity contribution is 7.89. The van der Waals surface area contributed by atoms with Crippen LogP contribution in [0.25, 0.3) is 0 Å². The Bertz CT molecular complexity index is 514. The SMILES string of the molecule is CCNc1ccc(S(=O)(=O)N(CC)CCCN(C)C)cn1. The molecule has 0 aliphatic rings. The first-order valence-corrected chi connectivity index (χ1v) is 8.70. The molecule has 0 amide bonds. The van der Waals surface area contributed by atoms with Gasteiger partial charge in [-0.15, -0.1) is 0 Å². The molecule has 7 heteroatoms. The normalized spacial score (nSPS) is 12.1. The topological polar surface area (TPSA) is 65.5 Å². The van der Waals surface area contributed by atoms with Crippen molar-refractivity contribution >= 4 is 15.8 Å². The predicted octanol–water partition coefficient (Wildman–Crippen LogP) is 1.48. The van der Waals surface area contributed by atoms with Crippen molar-refractivity contribution in [2.45, 2.75) is 25.2 Å². The lowest BCUT2D eigenvalue weighted by Gasteiger charge is -2.21. The molecule has 0 bridgehead atoms. The van der Waals surface area contributed by atoms with Crippen molar-refractivity contribution in [3.05, 3.63) is 18.3 Å². The maximum absolute atomic E-state index is 12.6. The lowest BCUT2D eigenvalue weighted by molar-refractivity contribution is 0.356. The Hall–Kier alpha value is -1.18. The first-order valence-electron chi connectivity index (χ1n) is 7.26. The Balaban J connectivity index is 2.80. The summed E-state index contributed by atoms with van der Waals surface area (Å²) in [6, 6.07) is 3.30. The van der Waals surface area contributed by atoms with E-state index in [-0.39, 0.29) is 4.90 Å². The van der Waals surface area contributed by atoms with Crippen LogP contribution in [0, 0.1) is 0 Å². The van der Waals surface area contributed by atoms with Crippen molar-refractivity contribution in [3.63, 3.8) is 0 Å².